The summed E-state index contributed by atoms with van der Waals surface area (Å²) in [4.78, 5) is 19.1. The lowest BCUT2D eigenvalue weighted by Crippen LogP contribution is -2.36. The highest BCUT2D eigenvalue weighted by Crippen LogP contribution is 2.27. The molecule has 1 N–H and O–H groups in total. The molecule has 0 unspecified atom stereocenters. The number of amides is 1. The van der Waals surface area contributed by atoms with Crippen LogP contribution < -0.4 is 10.2 Å². The van der Waals surface area contributed by atoms with Crippen LogP contribution in [0.5, 0.6) is 0 Å². The quantitative estimate of drug-likeness (QED) is 0.933. The monoisotopic (exact) mass is 331 g/mol. The molecule has 0 atom stereocenters. The smallest absolute Gasteiger partial charge is 0.275 e. The lowest BCUT2D eigenvalue weighted by Gasteiger charge is -2.30. The molecule has 1 aromatic carbocycles. The van der Waals surface area contributed by atoms with E-state index in [0.717, 1.165) is 29.5 Å². The fourth-order valence-electron chi connectivity index (χ4n) is 2.50. The summed E-state index contributed by atoms with van der Waals surface area (Å²) in [6.07, 6.45) is 0. The number of ether oxygens (including phenoxy) is 1. The fourth-order valence-corrected chi connectivity index (χ4v) is 3.32. The molecule has 0 aliphatic carbocycles. The van der Waals surface area contributed by atoms with Crippen molar-refractivity contribution < 1.29 is 9.53 Å². The van der Waals surface area contributed by atoms with Gasteiger partial charge >= 0.3 is 0 Å². The van der Waals surface area contributed by atoms with Gasteiger partial charge in [0.1, 0.15) is 5.69 Å². The Morgan fingerprint density at radius 1 is 1.30 bits per heavy atom. The van der Waals surface area contributed by atoms with Crippen LogP contribution in [0.25, 0.3) is 0 Å². The predicted molar refractivity (Wildman–Crippen MR) is 93.6 cm³/mol. The van der Waals surface area contributed by atoms with Crippen LogP contribution in [0.2, 0.25) is 0 Å². The summed E-state index contributed by atoms with van der Waals surface area (Å²) in [5.41, 5.74) is 2.33. The molecule has 2 aromatic rings. The van der Waals surface area contributed by atoms with Crippen molar-refractivity contribution in [2.45, 2.75) is 19.8 Å². The molecular weight excluding hydrogens is 310 g/mol. The van der Waals surface area contributed by atoms with Crippen LogP contribution in [0.4, 0.5) is 11.4 Å². The molecule has 1 aliphatic rings. The minimum Gasteiger partial charge on any atom is -0.378 e. The number of hydrogen-bond acceptors (Lipinski definition) is 5. The first kappa shape index (κ1) is 16.0. The number of thiazole rings is 1. The van der Waals surface area contributed by atoms with Crippen molar-refractivity contribution in [1.82, 2.24) is 4.98 Å². The van der Waals surface area contributed by atoms with Crippen LogP contribution in [0.1, 0.15) is 35.3 Å². The maximum Gasteiger partial charge on any atom is 0.275 e. The van der Waals surface area contributed by atoms with E-state index >= 15 is 0 Å². The Balaban J connectivity index is 1.77. The van der Waals surface area contributed by atoms with Crippen LogP contribution in [0.3, 0.4) is 0 Å². The molecule has 1 aromatic heterocycles. The molecule has 0 bridgehead atoms. The van der Waals surface area contributed by atoms with Crippen molar-refractivity contribution in [3.63, 3.8) is 0 Å². The number of nitrogens with one attached hydrogen (secondary N) is 1. The topological polar surface area (TPSA) is 54.5 Å². The molecule has 5 nitrogen and oxygen atoms in total. The highest BCUT2D eigenvalue weighted by molar-refractivity contribution is 7.09. The highest BCUT2D eigenvalue weighted by Gasteiger charge is 2.18. The van der Waals surface area contributed by atoms with Crippen molar-refractivity contribution >= 4 is 28.6 Å². The number of morpholine rings is 1. The number of rotatable bonds is 4. The van der Waals surface area contributed by atoms with Crippen molar-refractivity contribution in [2.75, 3.05) is 36.5 Å². The van der Waals surface area contributed by atoms with Crippen LogP contribution >= 0.6 is 11.3 Å². The van der Waals surface area contributed by atoms with Crippen molar-refractivity contribution in [3.8, 4) is 0 Å². The average Bonchev–Trinajstić information content (AvgIpc) is 3.07. The van der Waals surface area contributed by atoms with Gasteiger partial charge in [0.25, 0.3) is 5.91 Å². The van der Waals surface area contributed by atoms with Gasteiger partial charge in [-0.1, -0.05) is 26.0 Å². The molecule has 0 radical (unpaired) electrons. The lowest BCUT2D eigenvalue weighted by molar-refractivity contribution is 0.102. The van der Waals surface area contributed by atoms with Crippen molar-refractivity contribution in [2.24, 2.45) is 0 Å². The Hall–Kier alpha value is -1.92. The van der Waals surface area contributed by atoms with Gasteiger partial charge in [-0.15, -0.1) is 11.3 Å². The maximum absolute atomic E-state index is 12.5. The van der Waals surface area contributed by atoms with E-state index in [1.807, 2.05) is 29.6 Å². The maximum atomic E-state index is 12.5. The molecule has 1 aliphatic heterocycles. The standard InChI is InChI=1S/C17H21N3O2S/c1-12(2)17-19-14(11-23-17)16(21)18-13-5-3-4-6-15(13)20-7-9-22-10-8-20/h3-6,11-12H,7-10H2,1-2H3,(H,18,21). The van der Waals surface area contributed by atoms with E-state index in [9.17, 15) is 4.79 Å². The zero-order valence-electron chi connectivity index (χ0n) is 13.4. The second-order valence-electron chi connectivity index (χ2n) is 5.80. The number of nitrogens with zero attached hydrogens (tertiary/aromatic N) is 2. The van der Waals surface area contributed by atoms with Crippen molar-refractivity contribution in [3.05, 3.63) is 40.3 Å². The lowest BCUT2D eigenvalue weighted by atomic mass is 10.2. The van der Waals surface area contributed by atoms with E-state index in [-0.39, 0.29) is 5.91 Å². The van der Waals surface area contributed by atoms with Gasteiger partial charge in [-0.05, 0) is 12.1 Å². The molecule has 1 saturated heterocycles. The minimum atomic E-state index is -0.158. The summed E-state index contributed by atoms with van der Waals surface area (Å²) in [7, 11) is 0. The van der Waals surface area contributed by atoms with Gasteiger partial charge in [-0.3, -0.25) is 4.79 Å². The molecule has 6 heteroatoms. The summed E-state index contributed by atoms with van der Waals surface area (Å²) in [5.74, 6) is 0.177. The number of carbonyl (C=O) groups excluding carboxylic acids is 1. The predicted octanol–water partition coefficient (Wildman–Crippen LogP) is 3.36. The van der Waals surface area contributed by atoms with Gasteiger partial charge < -0.3 is 15.0 Å². The van der Waals surface area contributed by atoms with E-state index in [0.29, 0.717) is 24.8 Å². The Bertz CT molecular complexity index is 678. The number of para-hydroxylation sites is 2. The number of anilines is 2. The summed E-state index contributed by atoms with van der Waals surface area (Å²) in [6.45, 7) is 7.25. The number of hydrogen-bond donors (Lipinski definition) is 1. The molecule has 122 valence electrons. The van der Waals surface area contributed by atoms with Crippen LogP contribution in [-0.4, -0.2) is 37.2 Å². The zero-order valence-corrected chi connectivity index (χ0v) is 14.2. The number of aromatic nitrogens is 1. The zero-order chi connectivity index (χ0) is 16.2. The Labute approximate surface area is 140 Å². The SMILES string of the molecule is CC(C)c1nc(C(=O)Nc2ccccc2N2CCOCC2)cs1. The summed E-state index contributed by atoms with van der Waals surface area (Å²) in [5, 5.41) is 5.80. The van der Waals surface area contributed by atoms with Crippen LogP contribution in [-0.2, 0) is 4.74 Å². The normalized spacial score (nSPS) is 15.0. The van der Waals surface area contributed by atoms with E-state index in [1.165, 1.54) is 11.3 Å². The second kappa shape index (κ2) is 7.10. The van der Waals surface area contributed by atoms with Gasteiger partial charge in [-0.2, -0.15) is 0 Å². The van der Waals surface area contributed by atoms with E-state index in [4.69, 9.17) is 4.74 Å². The van der Waals surface area contributed by atoms with E-state index < -0.39 is 0 Å². The first-order chi connectivity index (χ1) is 11.1. The van der Waals surface area contributed by atoms with Crippen LogP contribution in [0, 0.1) is 0 Å². The third-order valence-corrected chi connectivity index (χ3v) is 4.90. The van der Waals surface area contributed by atoms with Gasteiger partial charge in [0.2, 0.25) is 0 Å². The van der Waals surface area contributed by atoms with E-state index in [1.54, 1.807) is 0 Å². The Kier molecular flexibility index (Phi) is 4.93. The Morgan fingerprint density at radius 3 is 2.74 bits per heavy atom. The van der Waals surface area contributed by atoms with Crippen LogP contribution in [0.15, 0.2) is 29.6 Å². The summed E-state index contributed by atoms with van der Waals surface area (Å²) >= 11 is 1.53. The molecular formula is C17H21N3O2S. The summed E-state index contributed by atoms with van der Waals surface area (Å²) < 4.78 is 5.40. The van der Waals surface area contributed by atoms with Gasteiger partial charge in [0, 0.05) is 24.4 Å². The molecule has 3 rings (SSSR count). The number of benzene rings is 1. The molecule has 1 fully saturated rings. The molecule has 0 saturated carbocycles. The highest BCUT2D eigenvalue weighted by atomic mass is 32.1. The first-order valence-corrected chi connectivity index (χ1v) is 8.71. The third-order valence-electron chi connectivity index (χ3n) is 3.75. The largest absolute Gasteiger partial charge is 0.378 e. The Morgan fingerprint density at radius 2 is 2.04 bits per heavy atom. The number of carbonyl (C=O) groups is 1. The third kappa shape index (κ3) is 3.71. The average molecular weight is 331 g/mol. The summed E-state index contributed by atoms with van der Waals surface area (Å²) in [6, 6.07) is 7.88. The molecule has 2 heterocycles. The fraction of sp³-hybridized carbons (Fsp3) is 0.412. The van der Waals surface area contributed by atoms with Gasteiger partial charge in [-0.25, -0.2) is 4.98 Å². The first-order valence-electron chi connectivity index (χ1n) is 7.83. The van der Waals surface area contributed by atoms with Gasteiger partial charge in [0.05, 0.1) is 29.6 Å². The van der Waals surface area contributed by atoms with Gasteiger partial charge in [0.15, 0.2) is 0 Å². The molecule has 1 amide bonds. The molecule has 0 spiro atoms. The minimum absolute atomic E-state index is 0.158. The molecule has 23 heavy (non-hydrogen) atoms. The van der Waals surface area contributed by atoms with Crippen molar-refractivity contribution in [1.29, 1.82) is 0 Å². The second-order valence-corrected chi connectivity index (χ2v) is 6.69. The van der Waals surface area contributed by atoms with E-state index in [2.05, 4.69) is 29.0 Å².